The predicted molar refractivity (Wildman–Crippen MR) is 71.0 cm³/mol. The standard InChI is InChI=1S/C14H16N2O4/c17-12-2-1-7-16(12)11-6-5-10(14(18)19)15-13(11)20-8-9-3-4-9/h5-6,9H,1-4,7-8H2,(H,18,19). The molecule has 20 heavy (non-hydrogen) atoms. The Balaban J connectivity index is 1.89. The van der Waals surface area contributed by atoms with Gasteiger partial charge in [-0.3, -0.25) is 4.79 Å². The summed E-state index contributed by atoms with van der Waals surface area (Å²) in [5.74, 6) is -0.272. The van der Waals surface area contributed by atoms with E-state index in [1.807, 2.05) is 0 Å². The van der Waals surface area contributed by atoms with Gasteiger partial charge in [-0.05, 0) is 37.3 Å². The van der Waals surface area contributed by atoms with Gasteiger partial charge in [-0.25, -0.2) is 9.78 Å². The molecule has 0 spiro atoms. The van der Waals surface area contributed by atoms with Crippen molar-refractivity contribution in [1.82, 2.24) is 4.98 Å². The molecule has 6 heteroatoms. The van der Waals surface area contributed by atoms with Crippen LogP contribution in [0.5, 0.6) is 5.88 Å². The maximum absolute atomic E-state index is 11.8. The molecule has 1 aromatic rings. The molecule has 0 aromatic carbocycles. The van der Waals surface area contributed by atoms with Crippen LogP contribution < -0.4 is 9.64 Å². The fourth-order valence-corrected chi connectivity index (χ4v) is 2.25. The van der Waals surface area contributed by atoms with Gasteiger partial charge in [0, 0.05) is 13.0 Å². The van der Waals surface area contributed by atoms with Crippen LogP contribution in [0, 0.1) is 5.92 Å². The van der Waals surface area contributed by atoms with Crippen molar-refractivity contribution in [3.63, 3.8) is 0 Å². The van der Waals surface area contributed by atoms with Crippen molar-refractivity contribution in [3.8, 4) is 5.88 Å². The van der Waals surface area contributed by atoms with Crippen LogP contribution in [0.15, 0.2) is 12.1 Å². The van der Waals surface area contributed by atoms with Crippen molar-refractivity contribution in [1.29, 1.82) is 0 Å². The molecule has 6 nitrogen and oxygen atoms in total. The van der Waals surface area contributed by atoms with Crippen LogP contribution in [-0.4, -0.2) is 35.1 Å². The number of ether oxygens (including phenoxy) is 1. The highest BCUT2D eigenvalue weighted by molar-refractivity contribution is 5.97. The highest BCUT2D eigenvalue weighted by Gasteiger charge is 2.28. The van der Waals surface area contributed by atoms with Gasteiger partial charge in [0.2, 0.25) is 11.8 Å². The van der Waals surface area contributed by atoms with Crippen LogP contribution >= 0.6 is 0 Å². The molecule has 1 aliphatic heterocycles. The average molecular weight is 276 g/mol. The molecular weight excluding hydrogens is 260 g/mol. The fourth-order valence-electron chi connectivity index (χ4n) is 2.25. The molecule has 1 amide bonds. The predicted octanol–water partition coefficient (Wildman–Crippen LogP) is 1.70. The highest BCUT2D eigenvalue weighted by atomic mass is 16.5. The Morgan fingerprint density at radius 1 is 1.45 bits per heavy atom. The zero-order valence-electron chi connectivity index (χ0n) is 11.0. The monoisotopic (exact) mass is 276 g/mol. The van der Waals surface area contributed by atoms with Gasteiger partial charge in [0.15, 0.2) is 5.69 Å². The van der Waals surface area contributed by atoms with Crippen LogP contribution in [0.4, 0.5) is 5.69 Å². The fraction of sp³-hybridized carbons (Fsp3) is 0.500. The molecule has 2 heterocycles. The first-order valence-corrected chi connectivity index (χ1v) is 6.82. The normalized spacial score (nSPS) is 18.4. The minimum Gasteiger partial charge on any atom is -0.477 e. The van der Waals surface area contributed by atoms with E-state index in [9.17, 15) is 9.59 Å². The Morgan fingerprint density at radius 3 is 2.85 bits per heavy atom. The van der Waals surface area contributed by atoms with Crippen molar-refractivity contribution >= 4 is 17.6 Å². The van der Waals surface area contributed by atoms with Crippen molar-refractivity contribution in [2.75, 3.05) is 18.1 Å². The highest BCUT2D eigenvalue weighted by Crippen LogP contribution is 2.33. The second-order valence-electron chi connectivity index (χ2n) is 5.23. The third kappa shape index (κ3) is 2.59. The maximum Gasteiger partial charge on any atom is 0.354 e. The summed E-state index contributed by atoms with van der Waals surface area (Å²) < 4.78 is 5.64. The number of carbonyl (C=O) groups is 2. The lowest BCUT2D eigenvalue weighted by Crippen LogP contribution is -2.25. The maximum atomic E-state index is 11.8. The van der Waals surface area contributed by atoms with Gasteiger partial charge in [-0.15, -0.1) is 0 Å². The van der Waals surface area contributed by atoms with Crippen LogP contribution in [0.25, 0.3) is 0 Å². The van der Waals surface area contributed by atoms with Gasteiger partial charge in [-0.2, -0.15) is 0 Å². The van der Waals surface area contributed by atoms with E-state index < -0.39 is 5.97 Å². The van der Waals surface area contributed by atoms with Crippen molar-refractivity contribution in [2.24, 2.45) is 5.92 Å². The van der Waals surface area contributed by atoms with Gasteiger partial charge >= 0.3 is 5.97 Å². The molecule has 1 aliphatic carbocycles. The van der Waals surface area contributed by atoms with Gasteiger partial charge in [0.25, 0.3) is 0 Å². The Morgan fingerprint density at radius 2 is 2.25 bits per heavy atom. The third-order valence-corrected chi connectivity index (χ3v) is 3.58. The van der Waals surface area contributed by atoms with E-state index in [2.05, 4.69) is 4.98 Å². The number of carboxylic acids is 1. The molecule has 1 aromatic heterocycles. The van der Waals surface area contributed by atoms with Crippen LogP contribution in [-0.2, 0) is 4.79 Å². The first-order valence-electron chi connectivity index (χ1n) is 6.82. The topological polar surface area (TPSA) is 79.7 Å². The molecule has 106 valence electrons. The number of pyridine rings is 1. The summed E-state index contributed by atoms with van der Waals surface area (Å²) in [6.07, 6.45) is 3.59. The Bertz CT molecular complexity index is 554. The Hall–Kier alpha value is -2.11. The summed E-state index contributed by atoms with van der Waals surface area (Å²) in [5.41, 5.74) is 0.518. The Kier molecular flexibility index (Phi) is 3.30. The largest absolute Gasteiger partial charge is 0.477 e. The molecule has 1 saturated carbocycles. The van der Waals surface area contributed by atoms with Gasteiger partial charge in [-0.1, -0.05) is 0 Å². The number of hydrogen-bond acceptors (Lipinski definition) is 4. The number of anilines is 1. The first-order chi connectivity index (χ1) is 9.65. The van der Waals surface area contributed by atoms with Crippen LogP contribution in [0.1, 0.15) is 36.2 Å². The minimum atomic E-state index is -1.10. The molecule has 0 radical (unpaired) electrons. The summed E-state index contributed by atoms with van der Waals surface area (Å²) in [5, 5.41) is 9.01. The van der Waals surface area contributed by atoms with E-state index in [0.29, 0.717) is 31.2 Å². The number of carbonyl (C=O) groups excluding carboxylic acids is 1. The number of aromatic carboxylic acids is 1. The molecule has 3 rings (SSSR count). The number of carboxylic acid groups (broad SMARTS) is 1. The van der Waals surface area contributed by atoms with Gasteiger partial charge in [0.05, 0.1) is 6.61 Å². The smallest absolute Gasteiger partial charge is 0.354 e. The molecule has 1 N–H and O–H groups in total. The number of aromatic nitrogens is 1. The Labute approximate surface area is 116 Å². The lowest BCUT2D eigenvalue weighted by atomic mass is 10.3. The van der Waals surface area contributed by atoms with Crippen LogP contribution in [0.2, 0.25) is 0 Å². The average Bonchev–Trinajstić information content (AvgIpc) is 3.17. The molecule has 2 aliphatic rings. The van der Waals surface area contributed by atoms with E-state index >= 15 is 0 Å². The van der Waals surface area contributed by atoms with Crippen molar-refractivity contribution in [2.45, 2.75) is 25.7 Å². The molecule has 0 bridgehead atoms. The summed E-state index contributed by atoms with van der Waals surface area (Å²) >= 11 is 0. The first kappa shape index (κ1) is 12.9. The zero-order valence-corrected chi connectivity index (χ0v) is 11.0. The minimum absolute atomic E-state index is 0.0335. The second kappa shape index (κ2) is 5.11. The second-order valence-corrected chi connectivity index (χ2v) is 5.23. The van der Waals surface area contributed by atoms with E-state index in [1.54, 1.807) is 11.0 Å². The molecule has 0 atom stereocenters. The quantitative estimate of drug-likeness (QED) is 0.885. The van der Waals surface area contributed by atoms with Crippen molar-refractivity contribution in [3.05, 3.63) is 17.8 Å². The number of amides is 1. The SMILES string of the molecule is O=C(O)c1ccc(N2CCCC2=O)c(OCC2CC2)n1. The van der Waals surface area contributed by atoms with Gasteiger partial charge < -0.3 is 14.7 Å². The van der Waals surface area contributed by atoms with E-state index in [4.69, 9.17) is 9.84 Å². The van der Waals surface area contributed by atoms with Crippen molar-refractivity contribution < 1.29 is 19.4 Å². The summed E-state index contributed by atoms with van der Waals surface area (Å²) in [4.78, 5) is 28.5. The summed E-state index contributed by atoms with van der Waals surface area (Å²) in [6, 6.07) is 3.02. The molecule has 0 unspecified atom stereocenters. The van der Waals surface area contributed by atoms with Crippen LogP contribution in [0.3, 0.4) is 0 Å². The molecular formula is C14H16N2O4. The number of nitrogens with zero attached hydrogens (tertiary/aromatic N) is 2. The summed E-state index contributed by atoms with van der Waals surface area (Å²) in [6.45, 7) is 1.16. The zero-order chi connectivity index (χ0) is 14.1. The van der Waals surface area contributed by atoms with E-state index in [1.165, 1.54) is 6.07 Å². The lowest BCUT2D eigenvalue weighted by molar-refractivity contribution is -0.117. The molecule has 2 fully saturated rings. The summed E-state index contributed by atoms with van der Waals surface area (Å²) in [7, 11) is 0. The lowest BCUT2D eigenvalue weighted by Gasteiger charge is -2.19. The third-order valence-electron chi connectivity index (χ3n) is 3.58. The number of rotatable bonds is 5. The van der Waals surface area contributed by atoms with E-state index in [0.717, 1.165) is 19.3 Å². The number of hydrogen-bond donors (Lipinski definition) is 1. The van der Waals surface area contributed by atoms with Gasteiger partial charge in [0.1, 0.15) is 5.69 Å². The van der Waals surface area contributed by atoms with E-state index in [-0.39, 0.29) is 17.5 Å². The molecule has 1 saturated heterocycles.